The van der Waals surface area contributed by atoms with Crippen LogP contribution in [0, 0.1) is 0 Å². The summed E-state index contributed by atoms with van der Waals surface area (Å²) in [4.78, 5) is 46.9. The van der Waals surface area contributed by atoms with Crippen LogP contribution >= 0.6 is 0 Å². The molecule has 0 radical (unpaired) electrons. The molecule has 0 saturated carbocycles. The van der Waals surface area contributed by atoms with E-state index in [0.29, 0.717) is 35.2 Å². The van der Waals surface area contributed by atoms with Crippen molar-refractivity contribution >= 4 is 17.7 Å². The molecule has 11 nitrogen and oxygen atoms in total. The van der Waals surface area contributed by atoms with Crippen LogP contribution < -0.4 is 16.0 Å². The Hall–Kier alpha value is -3.63. The third-order valence-electron chi connectivity index (χ3n) is 9.90. The fourth-order valence-electron chi connectivity index (χ4n) is 6.51. The maximum Gasteiger partial charge on any atom is 0.224 e. The number of nitrogens with zero attached hydrogens (tertiary/aromatic N) is 3. The molecule has 3 amide bonds. The van der Waals surface area contributed by atoms with Crippen molar-refractivity contribution in [2.24, 2.45) is 0 Å². The van der Waals surface area contributed by atoms with Gasteiger partial charge in [-0.1, -0.05) is 101 Å². The van der Waals surface area contributed by atoms with E-state index in [0.717, 1.165) is 122 Å². The third kappa shape index (κ3) is 13.9. The molecule has 11 heteroatoms. The van der Waals surface area contributed by atoms with Gasteiger partial charge in [0.1, 0.15) is 24.6 Å². The SMILES string of the molecule is CCCCN(CCCC)C1=C(N(CCCC)CCCC)C(N(CCCC)CCCC)=C(C2=C(NC(=O)CC)C(NC(=O)CC)=C(NC(=O)CC)CO2)OC1. The zero-order valence-corrected chi connectivity index (χ0v) is 35.6. The van der Waals surface area contributed by atoms with Crippen LogP contribution in [0.3, 0.4) is 0 Å². The van der Waals surface area contributed by atoms with Gasteiger partial charge in [-0.3, -0.25) is 14.4 Å². The fourth-order valence-corrected chi connectivity index (χ4v) is 6.51. The van der Waals surface area contributed by atoms with Gasteiger partial charge in [0.2, 0.25) is 17.7 Å². The van der Waals surface area contributed by atoms with Gasteiger partial charge in [-0.25, -0.2) is 0 Å². The van der Waals surface area contributed by atoms with Crippen LogP contribution in [0.5, 0.6) is 0 Å². The van der Waals surface area contributed by atoms with E-state index in [1.54, 1.807) is 20.8 Å². The zero-order valence-electron chi connectivity index (χ0n) is 35.6. The highest BCUT2D eigenvalue weighted by Gasteiger charge is 2.38. The fraction of sp³-hybridized carbons (Fsp3) is 0.744. The van der Waals surface area contributed by atoms with Crippen molar-refractivity contribution < 1.29 is 23.9 Å². The summed E-state index contributed by atoms with van der Waals surface area (Å²) in [6.07, 6.45) is 13.5. The molecule has 0 aromatic rings. The van der Waals surface area contributed by atoms with Gasteiger partial charge in [-0.15, -0.1) is 0 Å². The number of hydrogen-bond donors (Lipinski definition) is 3. The van der Waals surface area contributed by atoms with Gasteiger partial charge >= 0.3 is 0 Å². The summed E-state index contributed by atoms with van der Waals surface area (Å²) in [5.74, 6) is 0.262. The molecule has 0 spiro atoms. The summed E-state index contributed by atoms with van der Waals surface area (Å²) in [5, 5.41) is 9.05. The minimum Gasteiger partial charge on any atom is -0.481 e. The van der Waals surface area contributed by atoms with Crippen molar-refractivity contribution in [2.45, 2.75) is 159 Å². The smallest absolute Gasteiger partial charge is 0.224 e. The summed E-state index contributed by atoms with van der Waals surface area (Å²) < 4.78 is 13.7. The molecule has 2 rings (SSSR count). The topological polar surface area (TPSA) is 115 Å². The van der Waals surface area contributed by atoms with E-state index < -0.39 is 0 Å². The number of nitrogens with one attached hydrogen (secondary N) is 3. The van der Waals surface area contributed by atoms with Crippen molar-refractivity contribution in [1.29, 1.82) is 0 Å². The van der Waals surface area contributed by atoms with Gasteiger partial charge in [0.05, 0.1) is 22.8 Å². The van der Waals surface area contributed by atoms with Gasteiger partial charge in [-0.05, 0) is 38.5 Å². The van der Waals surface area contributed by atoms with E-state index >= 15 is 0 Å². The largest absolute Gasteiger partial charge is 0.481 e. The number of unbranched alkanes of at least 4 members (excludes halogenated alkanes) is 6. The van der Waals surface area contributed by atoms with Crippen LogP contribution in [0.15, 0.2) is 45.7 Å². The Morgan fingerprint density at radius 3 is 1.26 bits per heavy atom. The lowest BCUT2D eigenvalue weighted by molar-refractivity contribution is -0.121. The zero-order chi connectivity index (χ0) is 39.9. The molecule has 3 N–H and O–H groups in total. The molecule has 308 valence electrons. The Morgan fingerprint density at radius 1 is 0.463 bits per heavy atom. The number of carbonyl (C=O) groups is 3. The standard InChI is InChI=1S/C43H76N6O5/c1-10-19-25-47(26-20-11-2)34-32-54-43(41(49(29-23-14-5)30-24-15-6)40(34)48(27-21-12-3)28-22-13-4)42-39(46-37(52)18-9)38(45-36(51)17-8)33(31-53-42)44-35(50)16-7/h10-32H2,1-9H3,(H,44,50)(H,45,51)(H,46,52). The lowest BCUT2D eigenvalue weighted by atomic mass is 10.0. The molecule has 0 bridgehead atoms. The number of amides is 3. The van der Waals surface area contributed by atoms with E-state index in [2.05, 4.69) is 72.2 Å². The Bertz CT molecular complexity index is 1290. The lowest BCUT2D eigenvalue weighted by Crippen LogP contribution is -2.44. The minimum absolute atomic E-state index is 0.00360. The van der Waals surface area contributed by atoms with E-state index in [1.807, 2.05) is 0 Å². The first-order valence-electron chi connectivity index (χ1n) is 21.5. The molecule has 0 aliphatic carbocycles. The average molecular weight is 757 g/mol. The minimum atomic E-state index is -0.238. The highest BCUT2D eigenvalue weighted by Crippen LogP contribution is 2.40. The molecule has 0 aromatic carbocycles. The van der Waals surface area contributed by atoms with Crippen molar-refractivity contribution in [3.63, 3.8) is 0 Å². The second-order valence-corrected chi connectivity index (χ2v) is 14.4. The predicted octanol–water partition coefficient (Wildman–Crippen LogP) is 8.18. The van der Waals surface area contributed by atoms with Gasteiger partial charge in [-0.2, -0.15) is 0 Å². The van der Waals surface area contributed by atoms with Crippen molar-refractivity contribution in [3.8, 4) is 0 Å². The molecule has 0 fully saturated rings. The molecule has 2 aliphatic rings. The Kier molecular flexibility index (Phi) is 22.6. The van der Waals surface area contributed by atoms with Gasteiger partial charge in [0, 0.05) is 58.5 Å². The first-order chi connectivity index (χ1) is 26.2. The Morgan fingerprint density at radius 2 is 0.833 bits per heavy atom. The molecule has 2 heterocycles. The lowest BCUT2D eigenvalue weighted by Gasteiger charge is -2.43. The monoisotopic (exact) mass is 757 g/mol. The van der Waals surface area contributed by atoms with E-state index in [1.165, 1.54) is 11.4 Å². The van der Waals surface area contributed by atoms with Crippen LogP contribution in [0.1, 0.15) is 159 Å². The summed E-state index contributed by atoms with van der Waals surface area (Å²) in [5.41, 5.74) is 4.45. The number of hydrogen-bond acceptors (Lipinski definition) is 8. The summed E-state index contributed by atoms with van der Waals surface area (Å²) >= 11 is 0. The van der Waals surface area contributed by atoms with Crippen LogP contribution in [0.4, 0.5) is 0 Å². The summed E-state index contributed by atoms with van der Waals surface area (Å²) in [7, 11) is 0. The van der Waals surface area contributed by atoms with Crippen molar-refractivity contribution in [1.82, 2.24) is 30.7 Å². The van der Waals surface area contributed by atoms with Crippen LogP contribution in [0.25, 0.3) is 0 Å². The highest BCUT2D eigenvalue weighted by atomic mass is 16.5. The van der Waals surface area contributed by atoms with Crippen LogP contribution in [-0.2, 0) is 23.9 Å². The molecular weight excluding hydrogens is 681 g/mol. The summed E-state index contributed by atoms with van der Waals surface area (Å²) in [6, 6.07) is 0. The van der Waals surface area contributed by atoms with Gasteiger partial charge in [0.25, 0.3) is 0 Å². The van der Waals surface area contributed by atoms with E-state index in [-0.39, 0.29) is 43.6 Å². The second-order valence-electron chi connectivity index (χ2n) is 14.4. The maximum absolute atomic E-state index is 13.3. The highest BCUT2D eigenvalue weighted by molar-refractivity contribution is 5.83. The normalized spacial score (nSPS) is 14.5. The Labute approximate surface area is 328 Å². The molecule has 0 unspecified atom stereocenters. The summed E-state index contributed by atoms with van der Waals surface area (Å²) in [6.45, 7) is 24.6. The van der Waals surface area contributed by atoms with Crippen LogP contribution in [0.2, 0.25) is 0 Å². The number of carbonyl (C=O) groups excluding carboxylic acids is 3. The first-order valence-corrected chi connectivity index (χ1v) is 21.5. The Balaban J connectivity index is 3.26. The van der Waals surface area contributed by atoms with Crippen molar-refractivity contribution in [2.75, 3.05) is 52.5 Å². The molecular formula is C43H76N6O5. The van der Waals surface area contributed by atoms with Crippen LogP contribution in [-0.4, -0.2) is 84.9 Å². The van der Waals surface area contributed by atoms with Crippen molar-refractivity contribution in [3.05, 3.63) is 45.7 Å². The quantitative estimate of drug-likeness (QED) is 0.0733. The third-order valence-corrected chi connectivity index (χ3v) is 9.90. The number of rotatable bonds is 28. The molecule has 0 saturated heterocycles. The number of ether oxygens (including phenoxy) is 2. The molecule has 0 aromatic heterocycles. The molecule has 54 heavy (non-hydrogen) atoms. The second kappa shape index (κ2) is 26.2. The van der Waals surface area contributed by atoms with Gasteiger partial charge in [0.15, 0.2) is 11.5 Å². The van der Waals surface area contributed by atoms with E-state index in [9.17, 15) is 14.4 Å². The first kappa shape index (κ1) is 46.5. The average Bonchev–Trinajstić information content (AvgIpc) is 3.18. The molecule has 0 atom stereocenters. The molecule has 2 aliphatic heterocycles. The van der Waals surface area contributed by atoms with E-state index in [4.69, 9.17) is 9.47 Å². The van der Waals surface area contributed by atoms with Gasteiger partial charge < -0.3 is 40.1 Å². The maximum atomic E-state index is 13.3. The predicted molar refractivity (Wildman–Crippen MR) is 219 cm³/mol.